The Morgan fingerprint density at radius 3 is 3.00 bits per heavy atom. The fourth-order valence-electron chi connectivity index (χ4n) is 2.03. The summed E-state index contributed by atoms with van der Waals surface area (Å²) in [5, 5.41) is 3.58. The van der Waals surface area contributed by atoms with E-state index in [2.05, 4.69) is 17.2 Å². The van der Waals surface area contributed by atoms with Crippen molar-refractivity contribution in [2.75, 3.05) is 12.3 Å². The molecule has 3 nitrogen and oxygen atoms in total. The van der Waals surface area contributed by atoms with Crippen molar-refractivity contribution in [3.63, 3.8) is 0 Å². The summed E-state index contributed by atoms with van der Waals surface area (Å²) in [4.78, 5) is 4.18. The van der Waals surface area contributed by atoms with Gasteiger partial charge in [0.25, 0.3) is 0 Å². The molecule has 1 aliphatic rings. The molecule has 2 rings (SSSR count). The van der Waals surface area contributed by atoms with E-state index in [0.29, 0.717) is 6.04 Å². The van der Waals surface area contributed by atoms with Gasteiger partial charge < -0.3 is 11.1 Å². The number of nitrogens with two attached hydrogens (primary N) is 1. The molecular formula is C13H21N3. The van der Waals surface area contributed by atoms with Gasteiger partial charge in [-0.1, -0.05) is 19.8 Å². The van der Waals surface area contributed by atoms with Crippen LogP contribution in [0.25, 0.3) is 0 Å². The average Bonchev–Trinajstić information content (AvgIpc) is 3.09. The van der Waals surface area contributed by atoms with Gasteiger partial charge in [0.1, 0.15) is 0 Å². The van der Waals surface area contributed by atoms with E-state index in [4.69, 9.17) is 5.73 Å². The second-order valence-corrected chi connectivity index (χ2v) is 4.69. The SMILES string of the molecule is CCCNC(CC1CC1)c1cnccc1N. The summed E-state index contributed by atoms with van der Waals surface area (Å²) in [6.07, 6.45) is 8.78. The number of nitrogens with one attached hydrogen (secondary N) is 1. The molecule has 0 radical (unpaired) electrons. The van der Waals surface area contributed by atoms with Gasteiger partial charge in [-0.2, -0.15) is 0 Å². The lowest BCUT2D eigenvalue weighted by Gasteiger charge is -2.19. The number of hydrogen-bond acceptors (Lipinski definition) is 3. The minimum atomic E-state index is 0.390. The maximum Gasteiger partial charge on any atom is 0.0393 e. The molecule has 1 aliphatic carbocycles. The van der Waals surface area contributed by atoms with E-state index in [9.17, 15) is 0 Å². The summed E-state index contributed by atoms with van der Waals surface area (Å²) in [7, 11) is 0. The number of nitrogens with zero attached hydrogens (tertiary/aromatic N) is 1. The molecule has 1 heterocycles. The van der Waals surface area contributed by atoms with Gasteiger partial charge in [-0.3, -0.25) is 4.98 Å². The van der Waals surface area contributed by atoms with E-state index in [0.717, 1.165) is 24.6 Å². The van der Waals surface area contributed by atoms with Crippen molar-refractivity contribution in [2.45, 2.75) is 38.6 Å². The zero-order valence-electron chi connectivity index (χ0n) is 9.95. The molecule has 0 spiro atoms. The molecule has 0 saturated heterocycles. The molecule has 3 N–H and O–H groups in total. The highest BCUT2D eigenvalue weighted by Crippen LogP contribution is 2.38. The third-order valence-corrected chi connectivity index (χ3v) is 3.17. The fourth-order valence-corrected chi connectivity index (χ4v) is 2.03. The van der Waals surface area contributed by atoms with Crippen LogP contribution in [0.4, 0.5) is 5.69 Å². The largest absolute Gasteiger partial charge is 0.398 e. The van der Waals surface area contributed by atoms with E-state index in [1.165, 1.54) is 24.8 Å². The molecule has 3 heteroatoms. The molecule has 1 saturated carbocycles. The smallest absolute Gasteiger partial charge is 0.0393 e. The van der Waals surface area contributed by atoms with Crippen LogP contribution in [0.1, 0.15) is 44.2 Å². The van der Waals surface area contributed by atoms with Gasteiger partial charge in [0.15, 0.2) is 0 Å². The predicted octanol–water partition coefficient (Wildman–Crippen LogP) is 2.50. The molecular weight excluding hydrogens is 198 g/mol. The molecule has 0 aliphatic heterocycles. The van der Waals surface area contributed by atoms with Gasteiger partial charge in [0, 0.05) is 29.7 Å². The third kappa shape index (κ3) is 2.95. The van der Waals surface area contributed by atoms with Gasteiger partial charge in [-0.25, -0.2) is 0 Å². The first kappa shape index (κ1) is 11.4. The van der Waals surface area contributed by atoms with E-state index in [-0.39, 0.29) is 0 Å². The maximum absolute atomic E-state index is 6.01. The van der Waals surface area contributed by atoms with Crippen LogP contribution in [-0.4, -0.2) is 11.5 Å². The average molecular weight is 219 g/mol. The van der Waals surface area contributed by atoms with Crippen LogP contribution in [0.3, 0.4) is 0 Å². The molecule has 0 amide bonds. The minimum absolute atomic E-state index is 0.390. The summed E-state index contributed by atoms with van der Waals surface area (Å²) in [5.74, 6) is 0.897. The number of nitrogen functional groups attached to an aromatic ring is 1. The van der Waals surface area contributed by atoms with Crippen molar-refractivity contribution < 1.29 is 0 Å². The summed E-state index contributed by atoms with van der Waals surface area (Å²) >= 11 is 0. The Morgan fingerprint density at radius 1 is 1.56 bits per heavy atom. The van der Waals surface area contributed by atoms with Gasteiger partial charge in [-0.15, -0.1) is 0 Å². The molecule has 1 aromatic rings. The predicted molar refractivity (Wildman–Crippen MR) is 67.0 cm³/mol. The van der Waals surface area contributed by atoms with Crippen LogP contribution in [0.2, 0.25) is 0 Å². The molecule has 1 fully saturated rings. The number of pyridine rings is 1. The topological polar surface area (TPSA) is 50.9 Å². The van der Waals surface area contributed by atoms with Gasteiger partial charge in [0.05, 0.1) is 0 Å². The van der Waals surface area contributed by atoms with Crippen molar-refractivity contribution in [1.82, 2.24) is 10.3 Å². The highest BCUT2D eigenvalue weighted by molar-refractivity contribution is 5.46. The second-order valence-electron chi connectivity index (χ2n) is 4.69. The maximum atomic E-state index is 6.01. The Bertz CT molecular complexity index is 334. The fraction of sp³-hybridized carbons (Fsp3) is 0.615. The third-order valence-electron chi connectivity index (χ3n) is 3.17. The Balaban J connectivity index is 2.06. The Hall–Kier alpha value is -1.09. The first-order valence-electron chi connectivity index (χ1n) is 6.24. The van der Waals surface area contributed by atoms with Crippen LogP contribution in [0, 0.1) is 5.92 Å². The lowest BCUT2D eigenvalue weighted by Crippen LogP contribution is -2.23. The van der Waals surface area contributed by atoms with Crippen molar-refractivity contribution in [1.29, 1.82) is 0 Å². The normalized spacial score (nSPS) is 17.3. The number of anilines is 1. The van der Waals surface area contributed by atoms with E-state index in [1.54, 1.807) is 6.20 Å². The lowest BCUT2D eigenvalue weighted by molar-refractivity contribution is 0.474. The number of aromatic nitrogens is 1. The summed E-state index contributed by atoms with van der Waals surface area (Å²) in [6, 6.07) is 2.28. The quantitative estimate of drug-likeness (QED) is 0.773. The molecule has 1 unspecified atom stereocenters. The molecule has 1 atom stereocenters. The van der Waals surface area contributed by atoms with Crippen LogP contribution in [-0.2, 0) is 0 Å². The number of rotatable bonds is 6. The Kier molecular flexibility index (Phi) is 3.78. The first-order valence-corrected chi connectivity index (χ1v) is 6.24. The van der Waals surface area contributed by atoms with E-state index >= 15 is 0 Å². The summed E-state index contributed by atoms with van der Waals surface area (Å²) in [6.45, 7) is 3.24. The summed E-state index contributed by atoms with van der Waals surface area (Å²) < 4.78 is 0. The van der Waals surface area contributed by atoms with Crippen molar-refractivity contribution in [3.8, 4) is 0 Å². The van der Waals surface area contributed by atoms with Crippen molar-refractivity contribution >= 4 is 5.69 Å². The van der Waals surface area contributed by atoms with Gasteiger partial charge >= 0.3 is 0 Å². The minimum Gasteiger partial charge on any atom is -0.398 e. The van der Waals surface area contributed by atoms with Gasteiger partial charge in [0.2, 0.25) is 0 Å². The van der Waals surface area contributed by atoms with Crippen LogP contribution in [0.15, 0.2) is 18.5 Å². The standard InChI is InChI=1S/C13H21N3/c1-2-6-16-13(8-10-3-4-10)11-9-15-7-5-12(11)14/h5,7,9-10,13,16H,2-4,6,8H2,1H3,(H2,14,15). The highest BCUT2D eigenvalue weighted by Gasteiger charge is 2.26. The second kappa shape index (κ2) is 5.30. The van der Waals surface area contributed by atoms with Gasteiger partial charge in [-0.05, 0) is 31.4 Å². The number of hydrogen-bond donors (Lipinski definition) is 2. The van der Waals surface area contributed by atoms with Crippen LogP contribution < -0.4 is 11.1 Å². The first-order chi connectivity index (χ1) is 7.81. The zero-order chi connectivity index (χ0) is 11.4. The van der Waals surface area contributed by atoms with Crippen molar-refractivity contribution in [3.05, 3.63) is 24.0 Å². The van der Waals surface area contributed by atoms with Crippen LogP contribution >= 0.6 is 0 Å². The zero-order valence-corrected chi connectivity index (χ0v) is 9.95. The molecule has 16 heavy (non-hydrogen) atoms. The monoisotopic (exact) mass is 219 g/mol. The lowest BCUT2D eigenvalue weighted by atomic mass is 10.0. The molecule has 1 aromatic heterocycles. The Morgan fingerprint density at radius 2 is 2.38 bits per heavy atom. The van der Waals surface area contributed by atoms with Crippen LogP contribution in [0.5, 0.6) is 0 Å². The van der Waals surface area contributed by atoms with E-state index < -0.39 is 0 Å². The van der Waals surface area contributed by atoms with E-state index in [1.807, 2.05) is 12.3 Å². The highest BCUT2D eigenvalue weighted by atomic mass is 14.9. The van der Waals surface area contributed by atoms with Crippen molar-refractivity contribution in [2.24, 2.45) is 5.92 Å². The summed E-state index contributed by atoms with van der Waals surface area (Å²) in [5.41, 5.74) is 8.04. The Labute approximate surface area is 97.5 Å². The molecule has 0 aromatic carbocycles. The molecule has 0 bridgehead atoms. The molecule has 88 valence electrons.